The Balaban J connectivity index is 1.53. The SMILES string of the molecule is CCC(CCO)CNC1C2CC3CC(C2)CC1C3. The molecule has 4 aliphatic rings. The van der Waals surface area contributed by atoms with Crippen molar-refractivity contribution in [3.05, 3.63) is 0 Å². The lowest BCUT2D eigenvalue weighted by atomic mass is 9.54. The lowest BCUT2D eigenvalue weighted by molar-refractivity contribution is -0.0151. The van der Waals surface area contributed by atoms with Crippen LogP contribution in [0.5, 0.6) is 0 Å². The predicted octanol–water partition coefficient (Wildman–Crippen LogP) is 2.81. The van der Waals surface area contributed by atoms with E-state index >= 15 is 0 Å². The Labute approximate surface area is 112 Å². The van der Waals surface area contributed by atoms with Gasteiger partial charge in [0.1, 0.15) is 0 Å². The molecule has 0 spiro atoms. The summed E-state index contributed by atoms with van der Waals surface area (Å²) in [7, 11) is 0. The van der Waals surface area contributed by atoms with Gasteiger partial charge in [-0.15, -0.1) is 0 Å². The van der Waals surface area contributed by atoms with Crippen molar-refractivity contribution in [1.29, 1.82) is 0 Å². The molecule has 0 aromatic carbocycles. The molecule has 18 heavy (non-hydrogen) atoms. The summed E-state index contributed by atoms with van der Waals surface area (Å²) in [6, 6.07) is 0.811. The number of hydrogen-bond acceptors (Lipinski definition) is 2. The fourth-order valence-corrected chi connectivity index (χ4v) is 5.19. The smallest absolute Gasteiger partial charge is 0.0434 e. The average molecular weight is 251 g/mol. The summed E-state index contributed by atoms with van der Waals surface area (Å²) in [5.41, 5.74) is 0. The summed E-state index contributed by atoms with van der Waals surface area (Å²) in [4.78, 5) is 0. The van der Waals surface area contributed by atoms with Gasteiger partial charge in [0.25, 0.3) is 0 Å². The zero-order valence-corrected chi connectivity index (χ0v) is 11.8. The Kier molecular flexibility index (Phi) is 3.95. The van der Waals surface area contributed by atoms with E-state index in [1.165, 1.54) is 32.1 Å². The van der Waals surface area contributed by atoms with Gasteiger partial charge in [-0.05, 0) is 74.7 Å². The quantitative estimate of drug-likeness (QED) is 0.761. The first-order valence-corrected chi connectivity index (χ1v) is 8.14. The van der Waals surface area contributed by atoms with Crippen LogP contribution in [0.4, 0.5) is 0 Å². The number of hydrogen-bond donors (Lipinski definition) is 2. The molecule has 2 heteroatoms. The first kappa shape index (κ1) is 12.9. The van der Waals surface area contributed by atoms with E-state index in [1.54, 1.807) is 6.42 Å². The van der Waals surface area contributed by atoms with E-state index in [0.29, 0.717) is 12.5 Å². The molecular formula is C16H29NO. The van der Waals surface area contributed by atoms with Crippen LogP contribution in [0.1, 0.15) is 51.9 Å². The van der Waals surface area contributed by atoms with Gasteiger partial charge >= 0.3 is 0 Å². The predicted molar refractivity (Wildman–Crippen MR) is 74.3 cm³/mol. The fraction of sp³-hybridized carbons (Fsp3) is 1.00. The second-order valence-corrected chi connectivity index (χ2v) is 7.15. The maximum absolute atomic E-state index is 9.08. The Morgan fingerprint density at radius 1 is 1.06 bits per heavy atom. The van der Waals surface area contributed by atoms with Crippen LogP contribution in [0.3, 0.4) is 0 Å². The van der Waals surface area contributed by atoms with Crippen molar-refractivity contribution in [3.63, 3.8) is 0 Å². The normalized spacial score (nSPS) is 43.3. The zero-order chi connectivity index (χ0) is 12.5. The van der Waals surface area contributed by atoms with Crippen LogP contribution in [0.25, 0.3) is 0 Å². The summed E-state index contributed by atoms with van der Waals surface area (Å²) >= 11 is 0. The summed E-state index contributed by atoms with van der Waals surface area (Å²) in [5.74, 6) is 4.78. The lowest BCUT2D eigenvalue weighted by Crippen LogP contribution is -2.55. The van der Waals surface area contributed by atoms with E-state index in [0.717, 1.165) is 42.7 Å². The van der Waals surface area contributed by atoms with Gasteiger partial charge < -0.3 is 10.4 Å². The highest BCUT2D eigenvalue weighted by Crippen LogP contribution is 2.53. The second kappa shape index (κ2) is 5.50. The summed E-state index contributed by atoms with van der Waals surface area (Å²) < 4.78 is 0. The average Bonchev–Trinajstić information content (AvgIpc) is 2.35. The Bertz CT molecular complexity index is 250. The molecule has 0 aromatic heterocycles. The van der Waals surface area contributed by atoms with Gasteiger partial charge in [-0.3, -0.25) is 0 Å². The zero-order valence-electron chi connectivity index (χ0n) is 11.8. The lowest BCUT2D eigenvalue weighted by Gasteiger charge is -2.54. The molecule has 0 heterocycles. The van der Waals surface area contributed by atoms with E-state index in [2.05, 4.69) is 12.2 Å². The Morgan fingerprint density at radius 2 is 1.67 bits per heavy atom. The van der Waals surface area contributed by atoms with Crippen molar-refractivity contribution in [3.8, 4) is 0 Å². The number of aliphatic hydroxyl groups is 1. The van der Waals surface area contributed by atoms with Gasteiger partial charge in [0.05, 0.1) is 0 Å². The molecule has 0 aliphatic heterocycles. The molecule has 2 nitrogen and oxygen atoms in total. The van der Waals surface area contributed by atoms with E-state index in [1.807, 2.05) is 0 Å². The first-order chi connectivity index (χ1) is 8.80. The minimum atomic E-state index is 0.349. The van der Waals surface area contributed by atoms with Crippen LogP contribution in [0.2, 0.25) is 0 Å². The standard InChI is InChI=1S/C16H29NO/c1-2-11(3-4-18)10-17-16-14-6-12-5-13(8-14)9-15(16)7-12/h11-18H,2-10H2,1H3. The molecule has 4 aliphatic carbocycles. The van der Waals surface area contributed by atoms with Crippen molar-refractivity contribution >= 4 is 0 Å². The van der Waals surface area contributed by atoms with Gasteiger partial charge in [0.15, 0.2) is 0 Å². The van der Waals surface area contributed by atoms with Gasteiger partial charge in [-0.2, -0.15) is 0 Å². The van der Waals surface area contributed by atoms with E-state index in [4.69, 9.17) is 5.11 Å². The van der Waals surface area contributed by atoms with Crippen LogP contribution in [-0.4, -0.2) is 24.3 Å². The summed E-state index contributed by atoms with van der Waals surface area (Å²) in [6.07, 6.45) is 9.71. The minimum Gasteiger partial charge on any atom is -0.396 e. The van der Waals surface area contributed by atoms with Gasteiger partial charge in [0, 0.05) is 12.6 Å². The summed E-state index contributed by atoms with van der Waals surface area (Å²) in [6.45, 7) is 3.73. The van der Waals surface area contributed by atoms with Crippen molar-refractivity contribution in [1.82, 2.24) is 5.32 Å². The Morgan fingerprint density at radius 3 is 2.17 bits per heavy atom. The summed E-state index contributed by atoms with van der Waals surface area (Å²) in [5, 5.41) is 13.0. The number of rotatable bonds is 6. The highest BCUT2D eigenvalue weighted by Gasteiger charge is 2.47. The highest BCUT2D eigenvalue weighted by atomic mass is 16.3. The van der Waals surface area contributed by atoms with Crippen molar-refractivity contribution < 1.29 is 5.11 Å². The minimum absolute atomic E-state index is 0.349. The molecule has 4 saturated carbocycles. The van der Waals surface area contributed by atoms with Gasteiger partial charge in [-0.25, -0.2) is 0 Å². The highest BCUT2D eigenvalue weighted by molar-refractivity contribution is 5.01. The monoisotopic (exact) mass is 251 g/mol. The molecule has 2 N–H and O–H groups in total. The Hall–Kier alpha value is -0.0800. The molecule has 0 saturated heterocycles. The number of nitrogens with one attached hydrogen (secondary N) is 1. The van der Waals surface area contributed by atoms with Gasteiger partial charge in [-0.1, -0.05) is 13.3 Å². The van der Waals surface area contributed by atoms with Crippen molar-refractivity contribution in [2.45, 2.75) is 57.9 Å². The molecular weight excluding hydrogens is 222 g/mol. The third-order valence-corrected chi connectivity index (χ3v) is 5.98. The van der Waals surface area contributed by atoms with Gasteiger partial charge in [0.2, 0.25) is 0 Å². The van der Waals surface area contributed by atoms with Crippen LogP contribution in [0.15, 0.2) is 0 Å². The third kappa shape index (κ3) is 2.46. The van der Waals surface area contributed by atoms with Crippen LogP contribution in [0, 0.1) is 29.6 Å². The fourth-order valence-electron chi connectivity index (χ4n) is 5.19. The largest absolute Gasteiger partial charge is 0.396 e. The first-order valence-electron chi connectivity index (χ1n) is 8.14. The van der Waals surface area contributed by atoms with Crippen molar-refractivity contribution in [2.24, 2.45) is 29.6 Å². The molecule has 1 unspecified atom stereocenters. The number of aliphatic hydroxyl groups excluding tert-OH is 1. The van der Waals surface area contributed by atoms with E-state index in [9.17, 15) is 0 Å². The van der Waals surface area contributed by atoms with Crippen LogP contribution in [-0.2, 0) is 0 Å². The molecule has 1 atom stereocenters. The molecule has 4 fully saturated rings. The van der Waals surface area contributed by atoms with E-state index in [-0.39, 0.29) is 0 Å². The van der Waals surface area contributed by atoms with Crippen LogP contribution < -0.4 is 5.32 Å². The van der Waals surface area contributed by atoms with Crippen molar-refractivity contribution in [2.75, 3.05) is 13.2 Å². The third-order valence-electron chi connectivity index (χ3n) is 5.98. The van der Waals surface area contributed by atoms with E-state index < -0.39 is 0 Å². The topological polar surface area (TPSA) is 32.3 Å². The molecule has 4 bridgehead atoms. The molecule has 0 aromatic rings. The maximum atomic E-state index is 9.08. The molecule has 104 valence electrons. The maximum Gasteiger partial charge on any atom is 0.0434 e. The molecule has 0 radical (unpaired) electrons. The van der Waals surface area contributed by atoms with Crippen LogP contribution >= 0.6 is 0 Å². The second-order valence-electron chi connectivity index (χ2n) is 7.15. The molecule has 4 rings (SSSR count). The molecule has 0 amide bonds.